The molecule has 1 heterocycles. The Hall–Kier alpha value is -2.91. The van der Waals surface area contributed by atoms with Gasteiger partial charge >= 0.3 is 0 Å². The van der Waals surface area contributed by atoms with Gasteiger partial charge in [0.2, 0.25) is 15.7 Å². The van der Waals surface area contributed by atoms with Gasteiger partial charge in [0.05, 0.1) is 16.3 Å². The molecule has 0 saturated heterocycles. The quantitative estimate of drug-likeness (QED) is 0.339. The predicted molar refractivity (Wildman–Crippen MR) is 135 cm³/mol. The van der Waals surface area contributed by atoms with Gasteiger partial charge in [0.15, 0.2) is 10.1 Å². The molecule has 1 amide bonds. The van der Waals surface area contributed by atoms with Crippen molar-refractivity contribution in [3.8, 4) is 0 Å². The summed E-state index contributed by atoms with van der Waals surface area (Å²) in [5.41, 5.74) is 2.58. The predicted octanol–water partition coefficient (Wildman–Crippen LogP) is 4.85. The van der Waals surface area contributed by atoms with Gasteiger partial charge in [0, 0.05) is 5.69 Å². The summed E-state index contributed by atoms with van der Waals surface area (Å²) >= 11 is 1.08. The highest BCUT2D eigenvalue weighted by atomic mass is 32.2. The molecule has 34 heavy (non-hydrogen) atoms. The first kappa shape index (κ1) is 25.7. The van der Waals surface area contributed by atoms with Gasteiger partial charge in [0.1, 0.15) is 0 Å². The van der Waals surface area contributed by atoms with E-state index in [0.29, 0.717) is 23.6 Å². The van der Waals surface area contributed by atoms with Gasteiger partial charge in [-0.25, -0.2) is 13.4 Å². The number of nitrogens with zero attached hydrogens (tertiary/aromatic N) is 1. The number of hydrogen-bond acceptors (Lipinski definition) is 6. The van der Waals surface area contributed by atoms with Crippen molar-refractivity contribution in [1.82, 2.24) is 9.97 Å². The van der Waals surface area contributed by atoms with E-state index in [4.69, 9.17) is 0 Å². The van der Waals surface area contributed by atoms with Crippen molar-refractivity contribution >= 4 is 33.2 Å². The largest absolute Gasteiger partial charge is 0.325 e. The number of thioether (sulfide) groups is 1. The maximum atomic E-state index is 13.0. The molecule has 0 aliphatic heterocycles. The number of sulfone groups is 1. The molecule has 0 radical (unpaired) electrons. The van der Waals surface area contributed by atoms with Crippen LogP contribution < -0.4 is 10.9 Å². The van der Waals surface area contributed by atoms with Crippen LogP contribution >= 0.6 is 11.8 Å². The minimum atomic E-state index is -4.03. The van der Waals surface area contributed by atoms with Gasteiger partial charge in [-0.05, 0) is 55.5 Å². The van der Waals surface area contributed by atoms with Crippen molar-refractivity contribution < 1.29 is 13.2 Å². The molecule has 9 heteroatoms. The Morgan fingerprint density at radius 2 is 1.76 bits per heavy atom. The molecule has 7 nitrogen and oxygen atoms in total. The zero-order chi connectivity index (χ0) is 25.0. The van der Waals surface area contributed by atoms with E-state index in [1.165, 1.54) is 11.6 Å². The molecule has 180 valence electrons. The second kappa shape index (κ2) is 10.6. The lowest BCUT2D eigenvalue weighted by molar-refractivity contribution is -0.115. The molecular weight excluding hydrogens is 470 g/mol. The van der Waals surface area contributed by atoms with Crippen LogP contribution in [0.25, 0.3) is 0 Å². The number of H-pyrrole nitrogens is 1. The zero-order valence-electron chi connectivity index (χ0n) is 19.9. The van der Waals surface area contributed by atoms with Gasteiger partial charge in [-0.3, -0.25) is 9.59 Å². The minimum Gasteiger partial charge on any atom is -0.325 e. The first-order valence-corrected chi connectivity index (χ1v) is 13.4. The maximum Gasteiger partial charge on any atom is 0.270 e. The van der Waals surface area contributed by atoms with Crippen LogP contribution in [0.1, 0.15) is 49.8 Å². The minimum absolute atomic E-state index is 0.0695. The fraction of sp³-hybridized carbons (Fsp3) is 0.320. The Balaban J connectivity index is 1.78. The molecule has 3 aromatic rings. The average Bonchev–Trinajstić information content (AvgIpc) is 2.77. The fourth-order valence-electron chi connectivity index (χ4n) is 3.47. The lowest BCUT2D eigenvalue weighted by Crippen LogP contribution is -2.26. The number of aromatic amines is 1. The molecular formula is C25H29N3O4S2. The molecule has 1 atom stereocenters. The first-order chi connectivity index (χ1) is 16.0. The van der Waals surface area contributed by atoms with E-state index in [0.717, 1.165) is 23.5 Å². The van der Waals surface area contributed by atoms with Crippen LogP contribution in [0.15, 0.2) is 68.4 Å². The van der Waals surface area contributed by atoms with Crippen LogP contribution in [0.5, 0.6) is 0 Å². The smallest absolute Gasteiger partial charge is 0.270 e. The Labute approximate surface area is 204 Å². The second-order valence-electron chi connectivity index (χ2n) is 8.43. The van der Waals surface area contributed by atoms with Crippen LogP contribution in [-0.4, -0.2) is 29.5 Å². The number of carbonyl (C=O) groups excluding carboxylic acids is 1. The normalized spacial score (nSPS) is 12.5. The third-order valence-corrected chi connectivity index (χ3v) is 8.58. The van der Waals surface area contributed by atoms with Crippen LogP contribution in [0.2, 0.25) is 0 Å². The topological polar surface area (TPSA) is 109 Å². The van der Waals surface area contributed by atoms with Crippen molar-refractivity contribution in [2.24, 2.45) is 0 Å². The Kier molecular flexibility index (Phi) is 7.99. The average molecular weight is 500 g/mol. The van der Waals surface area contributed by atoms with E-state index < -0.39 is 25.5 Å². The number of rotatable bonds is 8. The Bertz CT molecular complexity index is 1350. The van der Waals surface area contributed by atoms with E-state index in [1.54, 1.807) is 19.1 Å². The third-order valence-electron chi connectivity index (χ3n) is 5.41. The maximum absolute atomic E-state index is 13.0. The lowest BCUT2D eigenvalue weighted by atomic mass is 10.0. The highest BCUT2D eigenvalue weighted by molar-refractivity contribution is 8.00. The SMILES string of the molecule is CCC(Sc1ncc(S(=O)(=O)c2ccc(C)cc2C)c(=O)[nH]1)C(=O)Nc1ccc(C(C)C)cc1. The van der Waals surface area contributed by atoms with Gasteiger partial charge in [0.25, 0.3) is 5.56 Å². The van der Waals surface area contributed by atoms with Crippen molar-refractivity contribution in [2.75, 3.05) is 5.32 Å². The van der Waals surface area contributed by atoms with E-state index in [9.17, 15) is 18.0 Å². The molecule has 0 aliphatic carbocycles. The summed E-state index contributed by atoms with van der Waals surface area (Å²) in [5, 5.41) is 2.55. The van der Waals surface area contributed by atoms with Crippen molar-refractivity contribution in [2.45, 2.75) is 67.2 Å². The monoisotopic (exact) mass is 499 g/mol. The lowest BCUT2D eigenvalue weighted by Gasteiger charge is -2.15. The molecule has 0 bridgehead atoms. The standard InChI is InChI=1S/C25H29N3O4S2/c1-6-20(23(29)27-19-10-8-18(9-11-19)15(2)3)33-25-26-14-22(24(30)28-25)34(31,32)21-12-7-16(4)13-17(21)5/h7-15,20H,6H2,1-5H3,(H,27,29)(H,26,28,30). The molecule has 3 rings (SSSR count). The van der Waals surface area contributed by atoms with E-state index in [-0.39, 0.29) is 16.0 Å². The van der Waals surface area contributed by atoms with Gasteiger partial charge < -0.3 is 10.3 Å². The number of carbonyl (C=O) groups is 1. The molecule has 2 N–H and O–H groups in total. The highest BCUT2D eigenvalue weighted by Crippen LogP contribution is 2.26. The van der Waals surface area contributed by atoms with Crippen LogP contribution in [0.3, 0.4) is 0 Å². The van der Waals surface area contributed by atoms with Crippen molar-refractivity contribution in [3.05, 3.63) is 75.7 Å². The van der Waals surface area contributed by atoms with E-state index in [1.807, 2.05) is 38.1 Å². The summed E-state index contributed by atoms with van der Waals surface area (Å²) in [6.07, 6.45) is 1.55. The third kappa shape index (κ3) is 5.77. The molecule has 0 saturated carbocycles. The molecule has 0 spiro atoms. The molecule has 1 aromatic heterocycles. The van der Waals surface area contributed by atoms with Crippen LogP contribution in [0, 0.1) is 13.8 Å². The summed E-state index contributed by atoms with van der Waals surface area (Å²) in [6, 6.07) is 12.6. The summed E-state index contributed by atoms with van der Waals surface area (Å²) < 4.78 is 26.0. The number of benzene rings is 2. The summed E-state index contributed by atoms with van der Waals surface area (Å²) in [5.74, 6) is 0.174. The van der Waals surface area contributed by atoms with Crippen molar-refractivity contribution in [1.29, 1.82) is 0 Å². The Morgan fingerprint density at radius 1 is 1.09 bits per heavy atom. The van der Waals surface area contributed by atoms with Crippen LogP contribution in [-0.2, 0) is 14.6 Å². The highest BCUT2D eigenvalue weighted by Gasteiger charge is 2.25. The molecule has 0 fully saturated rings. The summed E-state index contributed by atoms with van der Waals surface area (Å²) in [7, 11) is -4.03. The fourth-order valence-corrected chi connectivity index (χ4v) is 5.79. The molecule has 1 unspecified atom stereocenters. The number of amides is 1. The number of anilines is 1. The van der Waals surface area contributed by atoms with Gasteiger partial charge in [-0.15, -0.1) is 0 Å². The number of nitrogens with one attached hydrogen (secondary N) is 2. The number of aromatic nitrogens is 2. The molecule has 0 aliphatic rings. The Morgan fingerprint density at radius 3 is 2.32 bits per heavy atom. The van der Waals surface area contributed by atoms with Crippen LogP contribution in [0.4, 0.5) is 5.69 Å². The second-order valence-corrected chi connectivity index (χ2v) is 11.5. The molecule has 2 aromatic carbocycles. The van der Waals surface area contributed by atoms with E-state index in [2.05, 4.69) is 29.1 Å². The van der Waals surface area contributed by atoms with Gasteiger partial charge in [-0.1, -0.05) is 62.4 Å². The number of aryl methyl sites for hydroxylation is 2. The van der Waals surface area contributed by atoms with E-state index >= 15 is 0 Å². The van der Waals surface area contributed by atoms with Crippen molar-refractivity contribution in [3.63, 3.8) is 0 Å². The first-order valence-electron chi connectivity index (χ1n) is 11.0. The zero-order valence-corrected chi connectivity index (χ0v) is 21.5. The number of hydrogen-bond donors (Lipinski definition) is 2. The summed E-state index contributed by atoms with van der Waals surface area (Å²) in [4.78, 5) is 31.8. The van der Waals surface area contributed by atoms with Gasteiger partial charge in [-0.2, -0.15) is 0 Å². The summed E-state index contributed by atoms with van der Waals surface area (Å²) in [6.45, 7) is 9.61.